The van der Waals surface area contributed by atoms with E-state index < -0.39 is 0 Å². The lowest BCUT2D eigenvalue weighted by atomic mass is 9.96. The third-order valence-corrected chi connectivity index (χ3v) is 4.34. The molecule has 0 radical (unpaired) electrons. The van der Waals surface area contributed by atoms with E-state index in [9.17, 15) is 4.79 Å². The molecule has 0 saturated carbocycles. The number of rotatable bonds is 3. The van der Waals surface area contributed by atoms with Gasteiger partial charge in [0.25, 0.3) is 5.91 Å². The minimum Gasteiger partial charge on any atom is -0.339 e. The number of nitrogens with zero attached hydrogens (tertiary/aromatic N) is 3. The minimum atomic E-state index is 0.0399. The highest BCUT2D eigenvalue weighted by Gasteiger charge is 2.24. The fourth-order valence-corrected chi connectivity index (χ4v) is 3.01. The number of halogens is 1. The summed E-state index contributed by atoms with van der Waals surface area (Å²) < 4.78 is 1.97. The molecule has 1 saturated heterocycles. The standard InChI is InChI=1S/C16H18ClN3O/c17-15-5-2-1-4-14(15)16(21)19-10-6-13(7-11-19)12-20-9-3-8-18-20/h1-5,8-9,13H,6-7,10-12H2. The second kappa shape index (κ2) is 6.31. The minimum absolute atomic E-state index is 0.0399. The maximum absolute atomic E-state index is 12.5. The van der Waals surface area contributed by atoms with E-state index in [0.717, 1.165) is 32.5 Å². The van der Waals surface area contributed by atoms with Gasteiger partial charge in [-0.3, -0.25) is 9.48 Å². The maximum Gasteiger partial charge on any atom is 0.255 e. The third kappa shape index (κ3) is 3.27. The SMILES string of the molecule is O=C(c1ccccc1Cl)N1CCC(Cn2cccn2)CC1. The first-order valence-corrected chi connectivity index (χ1v) is 7.63. The Balaban J connectivity index is 1.58. The molecule has 1 amide bonds. The molecule has 21 heavy (non-hydrogen) atoms. The summed E-state index contributed by atoms with van der Waals surface area (Å²) in [5.74, 6) is 0.623. The van der Waals surface area contributed by atoms with Crippen LogP contribution in [0, 0.1) is 5.92 Å². The average Bonchev–Trinajstić information content (AvgIpc) is 3.01. The number of hydrogen-bond donors (Lipinski definition) is 0. The van der Waals surface area contributed by atoms with Crippen LogP contribution in [-0.2, 0) is 6.54 Å². The average molecular weight is 304 g/mol. The summed E-state index contributed by atoms with van der Waals surface area (Å²) in [6, 6.07) is 9.19. The van der Waals surface area contributed by atoms with Crippen molar-refractivity contribution in [2.24, 2.45) is 5.92 Å². The highest BCUT2D eigenvalue weighted by molar-refractivity contribution is 6.33. The molecule has 110 valence electrons. The number of hydrogen-bond acceptors (Lipinski definition) is 2. The lowest BCUT2D eigenvalue weighted by Gasteiger charge is -2.32. The van der Waals surface area contributed by atoms with Crippen LogP contribution in [0.15, 0.2) is 42.7 Å². The van der Waals surface area contributed by atoms with Crippen molar-refractivity contribution in [3.05, 3.63) is 53.3 Å². The van der Waals surface area contributed by atoms with Crippen LogP contribution in [0.5, 0.6) is 0 Å². The Labute approximate surface area is 129 Å². The molecule has 1 aromatic carbocycles. The van der Waals surface area contributed by atoms with Crippen molar-refractivity contribution in [2.75, 3.05) is 13.1 Å². The summed E-state index contributed by atoms with van der Waals surface area (Å²) in [6.45, 7) is 2.51. The van der Waals surface area contributed by atoms with Gasteiger partial charge in [0, 0.05) is 32.0 Å². The molecule has 4 nitrogen and oxygen atoms in total. The lowest BCUT2D eigenvalue weighted by Crippen LogP contribution is -2.39. The first-order valence-electron chi connectivity index (χ1n) is 7.25. The molecule has 1 fully saturated rings. The second-order valence-electron chi connectivity index (χ2n) is 5.44. The molecule has 2 aromatic rings. The quantitative estimate of drug-likeness (QED) is 0.874. The van der Waals surface area contributed by atoms with Gasteiger partial charge in [-0.05, 0) is 37.0 Å². The largest absolute Gasteiger partial charge is 0.339 e. The van der Waals surface area contributed by atoms with E-state index in [4.69, 9.17) is 11.6 Å². The maximum atomic E-state index is 12.5. The molecule has 1 aliphatic rings. The number of likely N-dealkylation sites (tertiary alicyclic amines) is 1. The van der Waals surface area contributed by atoms with Gasteiger partial charge in [0.15, 0.2) is 0 Å². The van der Waals surface area contributed by atoms with E-state index in [0.29, 0.717) is 16.5 Å². The fourth-order valence-electron chi connectivity index (χ4n) is 2.80. The van der Waals surface area contributed by atoms with Crippen LogP contribution in [0.2, 0.25) is 5.02 Å². The molecule has 0 spiro atoms. The van der Waals surface area contributed by atoms with E-state index in [1.807, 2.05) is 34.0 Å². The Morgan fingerprint density at radius 2 is 2.00 bits per heavy atom. The topological polar surface area (TPSA) is 38.1 Å². The zero-order chi connectivity index (χ0) is 14.7. The van der Waals surface area contributed by atoms with Crippen molar-refractivity contribution in [2.45, 2.75) is 19.4 Å². The van der Waals surface area contributed by atoms with E-state index in [-0.39, 0.29) is 5.91 Å². The normalized spacial score (nSPS) is 16.1. The predicted molar refractivity (Wildman–Crippen MR) is 82.3 cm³/mol. The molecule has 1 aliphatic heterocycles. The van der Waals surface area contributed by atoms with Crippen LogP contribution >= 0.6 is 11.6 Å². The van der Waals surface area contributed by atoms with Crippen molar-refractivity contribution < 1.29 is 4.79 Å². The molecule has 0 bridgehead atoms. The first-order chi connectivity index (χ1) is 10.2. The van der Waals surface area contributed by atoms with Crippen molar-refractivity contribution >= 4 is 17.5 Å². The van der Waals surface area contributed by atoms with E-state index in [1.165, 1.54) is 0 Å². The molecular formula is C16H18ClN3O. The summed E-state index contributed by atoms with van der Waals surface area (Å²) in [7, 11) is 0. The fraction of sp³-hybridized carbons (Fsp3) is 0.375. The smallest absolute Gasteiger partial charge is 0.255 e. The molecule has 0 N–H and O–H groups in total. The third-order valence-electron chi connectivity index (χ3n) is 4.01. The number of aromatic nitrogens is 2. The van der Waals surface area contributed by atoms with Gasteiger partial charge in [0.2, 0.25) is 0 Å². The monoisotopic (exact) mass is 303 g/mol. The van der Waals surface area contributed by atoms with Crippen molar-refractivity contribution in [3.63, 3.8) is 0 Å². The summed E-state index contributed by atoms with van der Waals surface area (Å²) in [6.07, 6.45) is 5.81. The van der Waals surface area contributed by atoms with Gasteiger partial charge in [-0.15, -0.1) is 0 Å². The van der Waals surface area contributed by atoms with Crippen LogP contribution < -0.4 is 0 Å². The van der Waals surface area contributed by atoms with Gasteiger partial charge >= 0.3 is 0 Å². The Morgan fingerprint density at radius 3 is 2.67 bits per heavy atom. The zero-order valence-electron chi connectivity index (χ0n) is 11.8. The first kappa shape index (κ1) is 14.1. The van der Waals surface area contributed by atoms with Crippen LogP contribution in [0.1, 0.15) is 23.2 Å². The van der Waals surface area contributed by atoms with Gasteiger partial charge in [-0.1, -0.05) is 23.7 Å². The van der Waals surface area contributed by atoms with E-state index in [1.54, 1.807) is 18.3 Å². The number of carbonyl (C=O) groups is 1. The Hall–Kier alpha value is -1.81. The van der Waals surface area contributed by atoms with E-state index >= 15 is 0 Å². The summed E-state index contributed by atoms with van der Waals surface area (Å²) in [5, 5.41) is 4.77. The summed E-state index contributed by atoms with van der Waals surface area (Å²) >= 11 is 6.10. The summed E-state index contributed by atoms with van der Waals surface area (Å²) in [4.78, 5) is 14.4. The van der Waals surface area contributed by atoms with Gasteiger partial charge in [0.05, 0.1) is 10.6 Å². The molecule has 5 heteroatoms. The molecule has 0 atom stereocenters. The molecule has 3 rings (SSSR count). The number of amides is 1. The highest BCUT2D eigenvalue weighted by Crippen LogP contribution is 2.23. The molecular weight excluding hydrogens is 286 g/mol. The van der Waals surface area contributed by atoms with E-state index in [2.05, 4.69) is 5.10 Å². The van der Waals surface area contributed by atoms with Crippen LogP contribution in [0.4, 0.5) is 0 Å². The Morgan fingerprint density at radius 1 is 1.24 bits per heavy atom. The van der Waals surface area contributed by atoms with Crippen LogP contribution in [-0.4, -0.2) is 33.7 Å². The molecule has 0 aliphatic carbocycles. The van der Waals surface area contributed by atoms with Crippen molar-refractivity contribution in [3.8, 4) is 0 Å². The van der Waals surface area contributed by atoms with Crippen LogP contribution in [0.25, 0.3) is 0 Å². The Kier molecular flexibility index (Phi) is 4.25. The number of benzene rings is 1. The van der Waals surface area contributed by atoms with Crippen LogP contribution in [0.3, 0.4) is 0 Å². The zero-order valence-corrected chi connectivity index (χ0v) is 12.5. The summed E-state index contributed by atoms with van der Waals surface area (Å²) in [5.41, 5.74) is 0.602. The van der Waals surface area contributed by atoms with Gasteiger partial charge in [-0.2, -0.15) is 5.10 Å². The molecule has 2 heterocycles. The van der Waals surface area contributed by atoms with Gasteiger partial charge < -0.3 is 4.90 Å². The van der Waals surface area contributed by atoms with Gasteiger partial charge in [-0.25, -0.2) is 0 Å². The van der Waals surface area contributed by atoms with Crippen molar-refractivity contribution in [1.82, 2.24) is 14.7 Å². The highest BCUT2D eigenvalue weighted by atomic mass is 35.5. The van der Waals surface area contributed by atoms with Crippen molar-refractivity contribution in [1.29, 1.82) is 0 Å². The molecule has 1 aromatic heterocycles. The predicted octanol–water partition coefficient (Wildman–Crippen LogP) is 3.09. The van der Waals surface area contributed by atoms with Gasteiger partial charge in [0.1, 0.15) is 0 Å². The Bertz CT molecular complexity index is 604. The lowest BCUT2D eigenvalue weighted by molar-refractivity contribution is 0.0681. The number of carbonyl (C=O) groups excluding carboxylic acids is 1. The second-order valence-corrected chi connectivity index (χ2v) is 5.85. The molecule has 0 unspecified atom stereocenters. The number of piperidine rings is 1.